The van der Waals surface area contributed by atoms with E-state index in [1.54, 1.807) is 0 Å². The number of rotatable bonds is 40. The van der Waals surface area contributed by atoms with Crippen LogP contribution in [0.15, 0.2) is 84.7 Å². The highest BCUT2D eigenvalue weighted by Crippen LogP contribution is 2.47. The SMILES string of the molecule is CCCCCCC1=CC=C(CCCCCC)C2C3=Nc4[nH]c(c5c(CCCCCC)ccc(CCCCCC)c45)NC4=NC(N=c5[nH]c(c6c(CCCCCC)ccc(CCCCCC)c56)=NC(=N3)C12)c1c(CCCCCC)ccc(CCCCCC)c14. The van der Waals surface area contributed by atoms with E-state index in [9.17, 15) is 0 Å². The van der Waals surface area contributed by atoms with E-state index in [0.717, 1.165) is 130 Å². The molecule has 0 fully saturated rings. The number of fused-ring (bicyclic) bond motifs is 18. The molecule has 3 aromatic carbocycles. The smallest absolute Gasteiger partial charge is 0.170 e. The third-order valence-electron chi connectivity index (χ3n) is 20.2. The second-order valence-electron chi connectivity index (χ2n) is 27.2. The van der Waals surface area contributed by atoms with E-state index < -0.39 is 6.17 Å². The quantitative estimate of drug-likeness (QED) is 0.0334. The highest BCUT2D eigenvalue weighted by molar-refractivity contribution is 6.18. The summed E-state index contributed by atoms with van der Waals surface area (Å²) in [5.41, 5.74) is 15.7. The number of nitrogens with zero attached hydrogens (tertiary/aromatic N) is 5. The molecule has 3 N–H and O–H groups in total. The Morgan fingerprint density at radius 3 is 1.17 bits per heavy atom. The summed E-state index contributed by atoms with van der Waals surface area (Å²) in [4.78, 5) is 38.5. The van der Waals surface area contributed by atoms with Gasteiger partial charge in [0.2, 0.25) is 0 Å². The number of benzene rings is 3. The lowest BCUT2D eigenvalue weighted by atomic mass is 9.74. The second-order valence-corrected chi connectivity index (χ2v) is 27.2. The number of aryl methyl sites for hydroxylation is 6. The third kappa shape index (κ3) is 16.8. The van der Waals surface area contributed by atoms with Gasteiger partial charge in [-0.3, -0.25) is 0 Å². The van der Waals surface area contributed by atoms with Crippen molar-refractivity contribution >= 4 is 50.7 Å². The molecule has 0 amide bonds. The van der Waals surface area contributed by atoms with Crippen molar-refractivity contribution in [2.24, 2.45) is 36.8 Å². The molecule has 0 spiro atoms. The summed E-state index contributed by atoms with van der Waals surface area (Å²) in [6, 6.07) is 14.9. The van der Waals surface area contributed by atoms with Crippen molar-refractivity contribution in [3.8, 4) is 0 Å². The fourth-order valence-electron chi connectivity index (χ4n) is 15.1. The number of aromatic nitrogens is 2. The van der Waals surface area contributed by atoms with Crippen molar-refractivity contribution in [1.29, 1.82) is 0 Å². The average Bonchev–Trinajstić information content (AvgIpc) is 1.86. The van der Waals surface area contributed by atoms with Gasteiger partial charge in [0, 0.05) is 32.7 Å². The molecule has 478 valence electrons. The minimum absolute atomic E-state index is 0.00660. The van der Waals surface area contributed by atoms with Gasteiger partial charge in [-0.25, -0.2) is 25.0 Å². The van der Waals surface area contributed by atoms with Crippen LogP contribution in [-0.4, -0.2) is 27.5 Å². The second kappa shape index (κ2) is 35.3. The molecule has 0 saturated carbocycles. The maximum Gasteiger partial charge on any atom is 0.170 e. The van der Waals surface area contributed by atoms with Crippen LogP contribution in [0.4, 0.5) is 11.6 Å². The van der Waals surface area contributed by atoms with E-state index in [0.29, 0.717) is 0 Å². The van der Waals surface area contributed by atoms with Crippen molar-refractivity contribution in [1.82, 2.24) is 9.97 Å². The zero-order chi connectivity index (χ0) is 61.5. The van der Waals surface area contributed by atoms with Gasteiger partial charge in [-0.05, 0) is 136 Å². The summed E-state index contributed by atoms with van der Waals surface area (Å²) in [6.07, 6.45) is 51.7. The van der Waals surface area contributed by atoms with Crippen molar-refractivity contribution in [2.45, 2.75) is 318 Å². The largest absolute Gasteiger partial charge is 0.326 e. The normalized spacial score (nSPS) is 16.9. The maximum atomic E-state index is 6.12. The van der Waals surface area contributed by atoms with Gasteiger partial charge in [0.25, 0.3) is 0 Å². The van der Waals surface area contributed by atoms with Gasteiger partial charge in [0.1, 0.15) is 40.1 Å². The monoisotopic (exact) mass is 1190 g/mol. The first-order chi connectivity index (χ1) is 43.4. The molecule has 88 heavy (non-hydrogen) atoms. The van der Waals surface area contributed by atoms with Gasteiger partial charge < -0.3 is 15.3 Å². The lowest BCUT2D eigenvalue weighted by molar-refractivity contribution is 0.573. The number of amidine groups is 3. The van der Waals surface area contributed by atoms with E-state index in [2.05, 4.69) is 119 Å². The summed E-state index contributed by atoms with van der Waals surface area (Å²) in [5.74, 6) is 4.75. The van der Waals surface area contributed by atoms with Gasteiger partial charge in [-0.1, -0.05) is 269 Å². The Labute approximate surface area is 533 Å². The highest BCUT2D eigenvalue weighted by Gasteiger charge is 2.43. The van der Waals surface area contributed by atoms with Crippen LogP contribution < -0.4 is 16.3 Å². The zero-order valence-corrected chi connectivity index (χ0v) is 56.9. The van der Waals surface area contributed by atoms with Gasteiger partial charge in [-0.2, -0.15) is 0 Å². The Morgan fingerprint density at radius 2 is 0.705 bits per heavy atom. The van der Waals surface area contributed by atoms with E-state index in [-0.39, 0.29) is 11.8 Å². The number of anilines is 1. The Hall–Kier alpha value is -5.37. The summed E-state index contributed by atoms with van der Waals surface area (Å²) in [5, 5.41) is 9.32. The van der Waals surface area contributed by atoms with Gasteiger partial charge >= 0.3 is 0 Å². The number of nitrogens with one attached hydrogen (secondary N) is 3. The van der Waals surface area contributed by atoms with Crippen LogP contribution >= 0.6 is 0 Å². The molecule has 3 atom stereocenters. The Balaban J connectivity index is 1.39. The summed E-state index contributed by atoms with van der Waals surface area (Å²) in [7, 11) is 0. The molecular formula is C80H118N8. The van der Waals surface area contributed by atoms with Crippen LogP contribution in [0.5, 0.6) is 0 Å². The molecule has 1 aliphatic carbocycles. The molecule has 9 rings (SSSR count). The lowest BCUT2D eigenvalue weighted by Gasteiger charge is -2.28. The topological polar surface area (TPSA) is 105 Å². The molecule has 8 nitrogen and oxygen atoms in total. The van der Waals surface area contributed by atoms with Gasteiger partial charge in [0.15, 0.2) is 6.17 Å². The molecule has 5 aromatic rings. The van der Waals surface area contributed by atoms with Crippen LogP contribution in [0, 0.1) is 11.8 Å². The number of allylic oxidation sites excluding steroid dienone is 2. The summed E-state index contributed by atoms with van der Waals surface area (Å²) >= 11 is 0. The molecule has 3 unspecified atom stereocenters. The Morgan fingerprint density at radius 1 is 0.330 bits per heavy atom. The van der Waals surface area contributed by atoms with E-state index >= 15 is 0 Å². The lowest BCUT2D eigenvalue weighted by Crippen LogP contribution is -2.28. The molecule has 4 aliphatic rings. The standard InChI is InChI=1S/C80H118N8/c1-9-17-25-33-41-57-49-50-58(42-34-26-18-10-2)66-65(57)73-81-74(66)86-76-69-61(45-37-29-21-13-5)53-54-62(46-38-30-22-14-6)70(69)78(83-76)88-80-72-64(48-40-32-24-16-8)56-55-63(47-39-31-23-15-7)71(72)79(84-80)87-77-68-60(44-36-28-20-12-4)52-51-59(43-35-27-19-11-3)67(68)75(82-77)85-73/h49-56,65-66,79,83H,9-48H2,1-8H3,(H,84,88)(H,81,82,85,86,87). The molecule has 0 saturated heterocycles. The number of aromatic amines is 2. The predicted octanol–water partition coefficient (Wildman–Crippen LogP) is 22.7. The van der Waals surface area contributed by atoms with Crippen LogP contribution in [0.25, 0.3) is 21.5 Å². The van der Waals surface area contributed by atoms with Crippen LogP contribution in [0.2, 0.25) is 0 Å². The number of hydrogen-bond acceptors (Lipinski definition) is 6. The first kappa shape index (κ1) is 67.0. The minimum Gasteiger partial charge on any atom is -0.326 e. The summed E-state index contributed by atoms with van der Waals surface area (Å²) in [6.45, 7) is 18.6. The molecule has 5 heterocycles. The molecule has 0 radical (unpaired) electrons. The third-order valence-corrected chi connectivity index (χ3v) is 20.2. The number of hydrogen-bond donors (Lipinski definition) is 3. The number of aliphatic imine (C=N–C) groups is 3. The van der Waals surface area contributed by atoms with Crippen LogP contribution in [0.3, 0.4) is 0 Å². The molecule has 2 aromatic heterocycles. The van der Waals surface area contributed by atoms with E-state index in [4.69, 9.17) is 25.0 Å². The Bertz CT molecular complexity index is 3320. The highest BCUT2D eigenvalue weighted by atomic mass is 15.2. The molecular weight excluding hydrogens is 1070 g/mol. The fourth-order valence-corrected chi connectivity index (χ4v) is 15.1. The fraction of sp³-hybridized carbons (Fsp3) is 0.637. The molecule has 3 aliphatic heterocycles. The number of unbranched alkanes of at least 4 members (excludes halogenated alkanes) is 24. The first-order valence-electron chi connectivity index (χ1n) is 37.2. The van der Waals surface area contributed by atoms with Crippen molar-refractivity contribution in [3.05, 3.63) is 115 Å². The summed E-state index contributed by atoms with van der Waals surface area (Å²) < 4.78 is 0. The molecule has 8 bridgehead atoms. The van der Waals surface area contributed by atoms with Gasteiger partial charge in [-0.15, -0.1) is 0 Å². The molecule has 8 heteroatoms. The van der Waals surface area contributed by atoms with E-state index in [1.807, 2.05) is 0 Å². The predicted molar refractivity (Wildman–Crippen MR) is 381 cm³/mol. The average molecular weight is 1190 g/mol. The van der Waals surface area contributed by atoms with Crippen LogP contribution in [0.1, 0.15) is 324 Å². The van der Waals surface area contributed by atoms with Gasteiger partial charge in [0.05, 0.1) is 11.8 Å². The first-order valence-corrected chi connectivity index (χ1v) is 37.2. The van der Waals surface area contributed by atoms with Crippen molar-refractivity contribution in [3.63, 3.8) is 0 Å². The van der Waals surface area contributed by atoms with Crippen molar-refractivity contribution < 1.29 is 0 Å². The Kier molecular flexibility index (Phi) is 26.9. The van der Waals surface area contributed by atoms with E-state index in [1.165, 1.54) is 244 Å². The van der Waals surface area contributed by atoms with Crippen LogP contribution in [-0.2, 0) is 38.5 Å². The zero-order valence-electron chi connectivity index (χ0n) is 56.9. The minimum atomic E-state index is -0.435. The van der Waals surface area contributed by atoms with Crippen molar-refractivity contribution in [2.75, 3.05) is 5.32 Å². The maximum absolute atomic E-state index is 6.12. The number of H-pyrrole nitrogens is 2.